The van der Waals surface area contributed by atoms with Crippen LogP contribution in [0, 0.1) is 25.7 Å². The quantitative estimate of drug-likeness (QED) is 0.373. The summed E-state index contributed by atoms with van der Waals surface area (Å²) in [6.07, 6.45) is 6.25. The first kappa shape index (κ1) is 28.2. The van der Waals surface area contributed by atoms with E-state index in [1.807, 2.05) is 0 Å². The van der Waals surface area contributed by atoms with Gasteiger partial charge in [-0.25, -0.2) is 9.59 Å². The molecule has 2 aromatic heterocycles. The van der Waals surface area contributed by atoms with Gasteiger partial charge in [-0.15, -0.1) is 0 Å². The number of carboxylic acid groups (broad SMARTS) is 1. The van der Waals surface area contributed by atoms with E-state index >= 15 is 0 Å². The van der Waals surface area contributed by atoms with Gasteiger partial charge in [-0.3, -0.25) is 19.6 Å². The molecule has 0 atom stereocenters. The molecular weight excluding hydrogens is 423 g/mol. The number of carboxylic acids is 1. The fourth-order valence-corrected chi connectivity index (χ4v) is 3.10. The van der Waals surface area contributed by atoms with E-state index in [-0.39, 0.29) is 58.9 Å². The first-order valence-electron chi connectivity index (χ1n) is 10.1. The van der Waals surface area contributed by atoms with Gasteiger partial charge in [0.05, 0.1) is 18.2 Å². The topological polar surface area (TPSA) is 154 Å². The smallest absolute Gasteiger partial charge is 0.870 e. The normalized spacial score (nSPS) is 13.9. The van der Waals surface area contributed by atoms with Crippen molar-refractivity contribution in [2.75, 3.05) is 7.11 Å². The predicted octanol–water partition coefficient (Wildman–Crippen LogP) is 0.277. The third-order valence-corrected chi connectivity index (χ3v) is 5.14. The van der Waals surface area contributed by atoms with Gasteiger partial charge in [0.25, 0.3) is 0 Å². The largest absolute Gasteiger partial charge is 1.00 e. The van der Waals surface area contributed by atoms with Crippen molar-refractivity contribution in [2.24, 2.45) is 11.8 Å². The van der Waals surface area contributed by atoms with Crippen molar-refractivity contribution in [3.8, 4) is 0 Å². The number of Topliss-reactive ketones (excluding diaryl/α,β-unsaturated/α-hetero) is 2. The molecule has 2 fully saturated rings. The molecule has 0 spiro atoms. The summed E-state index contributed by atoms with van der Waals surface area (Å²) in [5, 5.41) is 8.92. The predicted molar refractivity (Wildman–Crippen MR) is 112 cm³/mol. The molecule has 2 aromatic rings. The number of aromatic carboxylic acids is 1. The molecule has 2 heterocycles. The maximum absolute atomic E-state index is 12.0. The van der Waals surface area contributed by atoms with E-state index in [1.54, 1.807) is 26.0 Å². The van der Waals surface area contributed by atoms with Crippen molar-refractivity contribution in [1.82, 2.24) is 9.97 Å². The van der Waals surface area contributed by atoms with Crippen molar-refractivity contribution in [3.63, 3.8) is 0 Å². The Bertz CT molecular complexity index is 1060. The Morgan fingerprint density at radius 3 is 1.58 bits per heavy atom. The second-order valence-corrected chi connectivity index (χ2v) is 7.82. The molecule has 0 saturated heterocycles. The number of esters is 1. The second kappa shape index (κ2) is 11.8. The first-order chi connectivity index (χ1) is 14.7. The average Bonchev–Trinajstić information content (AvgIpc) is 3.65. The number of aromatic nitrogens is 2. The molecule has 2 N–H and O–H groups in total. The zero-order valence-electron chi connectivity index (χ0n) is 19.1. The molecule has 2 aliphatic rings. The summed E-state index contributed by atoms with van der Waals surface area (Å²) in [5.41, 5.74) is 2.43. The van der Waals surface area contributed by atoms with Gasteiger partial charge in [0, 0.05) is 46.7 Å². The third kappa shape index (κ3) is 7.06. The van der Waals surface area contributed by atoms with Gasteiger partial charge in [0.1, 0.15) is 0 Å². The summed E-state index contributed by atoms with van der Waals surface area (Å²) >= 11 is 0. The Morgan fingerprint density at radius 1 is 0.818 bits per heavy atom. The number of carbonyl (C=O) groups excluding carboxylic acids is 3. The van der Waals surface area contributed by atoms with E-state index in [4.69, 9.17) is 5.11 Å². The summed E-state index contributed by atoms with van der Waals surface area (Å²) in [6.45, 7) is 3.54. The maximum Gasteiger partial charge on any atom is 1.00 e. The number of methoxy groups -OCH3 is 1. The average molecular weight is 448 g/mol. The van der Waals surface area contributed by atoms with Crippen LogP contribution >= 0.6 is 0 Å². The Kier molecular flexibility index (Phi) is 10.1. The van der Waals surface area contributed by atoms with E-state index in [2.05, 4.69) is 14.7 Å². The first-order valence-corrected chi connectivity index (χ1v) is 10.1. The van der Waals surface area contributed by atoms with Crippen LogP contribution in [0.2, 0.25) is 0 Å². The Hall–Kier alpha value is -2.86. The molecule has 9 nitrogen and oxygen atoms in total. The number of hydrogen-bond donors (Lipinski definition) is 1. The molecule has 4 rings (SSSR count). The maximum atomic E-state index is 12.0. The molecule has 170 valence electrons. The van der Waals surface area contributed by atoms with Crippen LogP contribution in [-0.4, -0.2) is 51.2 Å². The molecule has 2 aliphatic carbocycles. The summed E-state index contributed by atoms with van der Waals surface area (Å²) in [7, 11) is 1.30. The van der Waals surface area contributed by atoms with Crippen molar-refractivity contribution in [2.45, 2.75) is 39.5 Å². The van der Waals surface area contributed by atoms with Crippen LogP contribution in [0.15, 0.2) is 24.5 Å². The van der Waals surface area contributed by atoms with Crippen molar-refractivity contribution >= 4 is 23.5 Å². The van der Waals surface area contributed by atoms with E-state index in [1.165, 1.54) is 19.5 Å². The van der Waals surface area contributed by atoms with Crippen LogP contribution in [0.5, 0.6) is 0 Å². The second-order valence-electron chi connectivity index (χ2n) is 7.82. The molecule has 2 saturated carbocycles. The Labute approximate surface area is 203 Å². The minimum Gasteiger partial charge on any atom is -0.870 e. The van der Waals surface area contributed by atoms with Gasteiger partial charge in [-0.2, -0.15) is 0 Å². The monoisotopic (exact) mass is 448 g/mol. The van der Waals surface area contributed by atoms with E-state index in [0.717, 1.165) is 31.4 Å². The Balaban J connectivity index is 0.000000312. The van der Waals surface area contributed by atoms with Crippen molar-refractivity contribution in [3.05, 3.63) is 58.2 Å². The SMILES string of the molecule is COC(=O)c1cnc(C)cc1C(=O)C1CC1.Cc1cc(C(=O)C2CC2)c(C(=O)O)cn1.[Li+].[OH-]. The van der Waals surface area contributed by atoms with Crippen molar-refractivity contribution < 1.29 is 53.4 Å². The number of hydrogen-bond acceptors (Lipinski definition) is 8. The fraction of sp³-hybridized carbons (Fsp3) is 0.391. The molecule has 0 amide bonds. The number of aryl methyl sites for hydroxylation is 2. The van der Waals surface area contributed by atoms with E-state index in [0.29, 0.717) is 16.8 Å². The van der Waals surface area contributed by atoms with E-state index in [9.17, 15) is 19.2 Å². The van der Waals surface area contributed by atoms with Crippen LogP contribution in [0.3, 0.4) is 0 Å². The van der Waals surface area contributed by atoms with Crippen LogP contribution in [-0.2, 0) is 4.74 Å². The number of ketones is 2. The molecule has 0 unspecified atom stereocenters. The molecule has 0 radical (unpaired) electrons. The van der Waals surface area contributed by atoms with Crippen LogP contribution in [0.4, 0.5) is 0 Å². The molecule has 0 aliphatic heterocycles. The summed E-state index contributed by atoms with van der Waals surface area (Å²) in [4.78, 5) is 54.0. The summed E-state index contributed by atoms with van der Waals surface area (Å²) in [5.74, 6) is -1.50. The van der Waals surface area contributed by atoms with Gasteiger partial charge in [0.2, 0.25) is 0 Å². The van der Waals surface area contributed by atoms with Crippen LogP contribution in [0.25, 0.3) is 0 Å². The number of pyridine rings is 2. The van der Waals surface area contributed by atoms with Gasteiger partial charge < -0.3 is 15.3 Å². The molecule has 0 aromatic carbocycles. The zero-order valence-corrected chi connectivity index (χ0v) is 19.1. The zero-order chi connectivity index (χ0) is 22.7. The van der Waals surface area contributed by atoms with Gasteiger partial charge in [-0.1, -0.05) is 0 Å². The third-order valence-electron chi connectivity index (χ3n) is 5.14. The van der Waals surface area contributed by atoms with Crippen LogP contribution in [0.1, 0.15) is 78.5 Å². The molecule has 0 bridgehead atoms. The minimum atomic E-state index is -1.09. The van der Waals surface area contributed by atoms with Gasteiger partial charge in [-0.05, 0) is 51.7 Å². The van der Waals surface area contributed by atoms with Gasteiger partial charge in [0.15, 0.2) is 11.6 Å². The molecule has 10 heteroatoms. The number of ether oxygens (including phenoxy) is 1. The number of nitrogens with zero attached hydrogens (tertiary/aromatic N) is 2. The minimum absolute atomic E-state index is 0. The number of rotatable bonds is 6. The number of carbonyl (C=O) groups is 4. The summed E-state index contributed by atoms with van der Waals surface area (Å²) in [6, 6.07) is 3.22. The molecular formula is C23H25LiN2O7. The summed E-state index contributed by atoms with van der Waals surface area (Å²) < 4.78 is 4.64. The fourth-order valence-electron chi connectivity index (χ4n) is 3.10. The molecule has 33 heavy (non-hydrogen) atoms. The van der Waals surface area contributed by atoms with E-state index < -0.39 is 11.9 Å². The van der Waals surface area contributed by atoms with Crippen LogP contribution < -0.4 is 18.9 Å². The van der Waals surface area contributed by atoms with Crippen molar-refractivity contribution in [1.29, 1.82) is 0 Å². The standard InChI is InChI=1S/C12H13NO3.C11H11NO3.Li.H2O/c1-7-5-9(11(14)8-3-4-8)10(6-13-7)12(15)16-2;1-6-4-8(10(13)7-2-3-7)9(5-12-6)11(14)15;;/h5-6,8H,3-4H2,1-2H3;4-5,7H,2-3H2,1H3,(H,14,15);;1H2/q;;+1;/p-1. The Morgan fingerprint density at radius 2 is 1.21 bits per heavy atom. The van der Waals surface area contributed by atoms with Gasteiger partial charge >= 0.3 is 30.8 Å².